The standard InChI is InChI=1S/C12H16N2O4/c15-11(8-2-1-5-13-6-8)14-7-9-3-4-10(18-9)12(16)17/h3-4,8,13H,1-2,5-7H2,(H,14,15)(H,16,17)/t8-/m1/s1. The molecular formula is C12H16N2O4. The van der Waals surface area contributed by atoms with Gasteiger partial charge in [0.05, 0.1) is 12.5 Å². The first-order chi connectivity index (χ1) is 8.66. The van der Waals surface area contributed by atoms with Crippen molar-refractivity contribution < 1.29 is 19.1 Å². The second-order valence-corrected chi connectivity index (χ2v) is 4.33. The fraction of sp³-hybridized carbons (Fsp3) is 0.500. The minimum absolute atomic E-state index is 0.00680. The molecule has 2 rings (SSSR count). The molecule has 1 aromatic heterocycles. The van der Waals surface area contributed by atoms with Crippen molar-refractivity contribution >= 4 is 11.9 Å². The van der Waals surface area contributed by atoms with Crippen molar-refractivity contribution in [3.8, 4) is 0 Å². The Kier molecular flexibility index (Phi) is 3.99. The van der Waals surface area contributed by atoms with Gasteiger partial charge < -0.3 is 20.2 Å². The number of hydrogen-bond donors (Lipinski definition) is 3. The van der Waals surface area contributed by atoms with E-state index in [-0.39, 0.29) is 24.1 Å². The number of amides is 1. The fourth-order valence-electron chi connectivity index (χ4n) is 1.98. The Bertz CT molecular complexity index is 435. The Balaban J connectivity index is 1.82. The molecule has 0 aliphatic carbocycles. The molecule has 1 amide bonds. The van der Waals surface area contributed by atoms with Crippen LogP contribution in [0.1, 0.15) is 29.2 Å². The largest absolute Gasteiger partial charge is 0.475 e. The molecule has 1 aliphatic rings. The van der Waals surface area contributed by atoms with Gasteiger partial charge in [0, 0.05) is 6.54 Å². The summed E-state index contributed by atoms with van der Waals surface area (Å²) in [5, 5.41) is 14.6. The second kappa shape index (κ2) is 5.68. The van der Waals surface area contributed by atoms with Crippen molar-refractivity contribution in [2.75, 3.05) is 13.1 Å². The lowest BCUT2D eigenvalue weighted by Gasteiger charge is -2.21. The number of carboxylic acids is 1. The molecule has 0 saturated carbocycles. The highest BCUT2D eigenvalue weighted by Crippen LogP contribution is 2.11. The highest BCUT2D eigenvalue weighted by Gasteiger charge is 2.20. The molecular weight excluding hydrogens is 236 g/mol. The minimum atomic E-state index is -1.11. The molecule has 1 saturated heterocycles. The van der Waals surface area contributed by atoms with Crippen LogP contribution in [0.2, 0.25) is 0 Å². The first-order valence-electron chi connectivity index (χ1n) is 5.97. The highest BCUT2D eigenvalue weighted by molar-refractivity contribution is 5.84. The quantitative estimate of drug-likeness (QED) is 0.729. The van der Waals surface area contributed by atoms with Crippen molar-refractivity contribution in [3.63, 3.8) is 0 Å². The summed E-state index contributed by atoms with van der Waals surface area (Å²) in [7, 11) is 0. The van der Waals surface area contributed by atoms with E-state index in [1.807, 2.05) is 0 Å². The monoisotopic (exact) mass is 252 g/mol. The summed E-state index contributed by atoms with van der Waals surface area (Å²) < 4.78 is 5.05. The van der Waals surface area contributed by atoms with Gasteiger partial charge >= 0.3 is 5.97 Å². The Morgan fingerprint density at radius 2 is 2.33 bits per heavy atom. The van der Waals surface area contributed by atoms with Crippen LogP contribution in [0.25, 0.3) is 0 Å². The molecule has 2 heterocycles. The Morgan fingerprint density at radius 1 is 1.50 bits per heavy atom. The van der Waals surface area contributed by atoms with Gasteiger partial charge in [-0.1, -0.05) is 0 Å². The number of hydrogen-bond acceptors (Lipinski definition) is 4. The number of nitrogens with one attached hydrogen (secondary N) is 2. The van der Waals surface area contributed by atoms with Gasteiger partial charge in [-0.3, -0.25) is 4.79 Å². The molecule has 0 spiro atoms. The van der Waals surface area contributed by atoms with E-state index in [4.69, 9.17) is 9.52 Å². The predicted molar refractivity (Wildman–Crippen MR) is 63.1 cm³/mol. The van der Waals surface area contributed by atoms with Crippen LogP contribution >= 0.6 is 0 Å². The molecule has 98 valence electrons. The molecule has 18 heavy (non-hydrogen) atoms. The summed E-state index contributed by atoms with van der Waals surface area (Å²) in [5.74, 6) is -0.796. The van der Waals surface area contributed by atoms with Crippen molar-refractivity contribution in [3.05, 3.63) is 23.7 Å². The molecule has 0 bridgehead atoms. The van der Waals surface area contributed by atoms with Gasteiger partial charge in [-0.25, -0.2) is 4.79 Å². The molecule has 1 aliphatic heterocycles. The van der Waals surface area contributed by atoms with Gasteiger partial charge in [-0.15, -0.1) is 0 Å². The molecule has 6 nitrogen and oxygen atoms in total. The van der Waals surface area contributed by atoms with E-state index in [1.54, 1.807) is 6.07 Å². The molecule has 1 fully saturated rings. The first-order valence-corrected chi connectivity index (χ1v) is 5.97. The van der Waals surface area contributed by atoms with Crippen LogP contribution in [0.15, 0.2) is 16.5 Å². The van der Waals surface area contributed by atoms with Gasteiger partial charge in [0.15, 0.2) is 0 Å². The van der Waals surface area contributed by atoms with Crippen LogP contribution in [-0.4, -0.2) is 30.1 Å². The zero-order chi connectivity index (χ0) is 13.0. The van der Waals surface area contributed by atoms with Crippen LogP contribution in [0.3, 0.4) is 0 Å². The summed E-state index contributed by atoms with van der Waals surface area (Å²) >= 11 is 0. The van der Waals surface area contributed by atoms with E-state index in [9.17, 15) is 9.59 Å². The van der Waals surface area contributed by atoms with Crippen LogP contribution in [0.5, 0.6) is 0 Å². The summed E-state index contributed by atoms with van der Waals surface area (Å²) in [6.07, 6.45) is 1.89. The molecule has 0 radical (unpaired) electrons. The van der Waals surface area contributed by atoms with Crippen LogP contribution < -0.4 is 10.6 Å². The van der Waals surface area contributed by atoms with Gasteiger partial charge in [0.1, 0.15) is 5.76 Å². The maximum atomic E-state index is 11.8. The molecule has 0 aromatic carbocycles. The topological polar surface area (TPSA) is 91.6 Å². The van der Waals surface area contributed by atoms with E-state index < -0.39 is 5.97 Å². The lowest BCUT2D eigenvalue weighted by atomic mass is 9.99. The molecule has 0 unspecified atom stereocenters. The number of aromatic carboxylic acids is 1. The number of carbonyl (C=O) groups is 2. The average Bonchev–Trinajstić information content (AvgIpc) is 2.86. The van der Waals surface area contributed by atoms with Gasteiger partial charge in [0.2, 0.25) is 11.7 Å². The van der Waals surface area contributed by atoms with E-state index in [0.29, 0.717) is 12.3 Å². The van der Waals surface area contributed by atoms with E-state index in [0.717, 1.165) is 19.4 Å². The second-order valence-electron chi connectivity index (χ2n) is 4.33. The van der Waals surface area contributed by atoms with Crippen LogP contribution in [0.4, 0.5) is 0 Å². The van der Waals surface area contributed by atoms with Crippen molar-refractivity contribution in [2.24, 2.45) is 5.92 Å². The zero-order valence-electron chi connectivity index (χ0n) is 9.94. The molecule has 1 aromatic rings. The summed E-state index contributed by atoms with van der Waals surface area (Å²) in [4.78, 5) is 22.4. The third-order valence-corrected chi connectivity index (χ3v) is 2.98. The van der Waals surface area contributed by atoms with E-state index in [1.165, 1.54) is 6.07 Å². The number of carboxylic acid groups (broad SMARTS) is 1. The SMILES string of the molecule is O=C(O)c1ccc(CNC(=O)[C@@H]2CCCNC2)o1. The third kappa shape index (κ3) is 3.10. The Hall–Kier alpha value is -1.82. The lowest BCUT2D eigenvalue weighted by molar-refractivity contribution is -0.125. The van der Waals surface area contributed by atoms with E-state index >= 15 is 0 Å². The Labute approximate surface area is 104 Å². The smallest absolute Gasteiger partial charge is 0.371 e. The van der Waals surface area contributed by atoms with Gasteiger partial charge in [0.25, 0.3) is 0 Å². The van der Waals surface area contributed by atoms with Crippen molar-refractivity contribution in [2.45, 2.75) is 19.4 Å². The van der Waals surface area contributed by atoms with Crippen molar-refractivity contribution in [1.29, 1.82) is 0 Å². The number of rotatable bonds is 4. The number of furan rings is 1. The maximum absolute atomic E-state index is 11.8. The maximum Gasteiger partial charge on any atom is 0.371 e. The first kappa shape index (κ1) is 12.6. The summed E-state index contributed by atoms with van der Waals surface area (Å²) in [6.45, 7) is 1.89. The summed E-state index contributed by atoms with van der Waals surface area (Å²) in [6, 6.07) is 2.94. The van der Waals surface area contributed by atoms with Crippen molar-refractivity contribution in [1.82, 2.24) is 10.6 Å². The third-order valence-electron chi connectivity index (χ3n) is 2.98. The fourth-order valence-corrected chi connectivity index (χ4v) is 1.98. The van der Waals surface area contributed by atoms with Crippen LogP contribution in [0, 0.1) is 5.92 Å². The number of piperidine rings is 1. The normalized spacial score (nSPS) is 19.4. The molecule has 3 N–H and O–H groups in total. The lowest BCUT2D eigenvalue weighted by Crippen LogP contribution is -2.40. The van der Waals surface area contributed by atoms with Gasteiger partial charge in [-0.2, -0.15) is 0 Å². The summed E-state index contributed by atoms with van der Waals surface area (Å²) in [5.41, 5.74) is 0. The Morgan fingerprint density at radius 3 is 2.94 bits per heavy atom. The minimum Gasteiger partial charge on any atom is -0.475 e. The predicted octanol–water partition coefficient (Wildman–Crippen LogP) is 0.594. The number of carbonyl (C=O) groups excluding carboxylic acids is 1. The van der Waals surface area contributed by atoms with E-state index in [2.05, 4.69) is 10.6 Å². The highest BCUT2D eigenvalue weighted by atomic mass is 16.4. The zero-order valence-corrected chi connectivity index (χ0v) is 9.94. The van der Waals surface area contributed by atoms with Crippen LogP contribution in [-0.2, 0) is 11.3 Å². The molecule has 1 atom stereocenters. The molecule has 6 heteroatoms. The average molecular weight is 252 g/mol. The van der Waals surface area contributed by atoms with Gasteiger partial charge in [-0.05, 0) is 31.5 Å².